The molecule has 9 rings (SSSR count). The SMILES string of the molecule is Cc1cc2c(-c3ccccc3)c3c4cccc5c(-c6ccccn6)ccc(c54)c3c3c4ccccc4c(c1)c23. The van der Waals surface area contributed by atoms with E-state index in [1.165, 1.54) is 86.9 Å². The van der Waals surface area contributed by atoms with Gasteiger partial charge < -0.3 is 0 Å². The first-order chi connectivity index (χ1) is 19.3. The number of fused-ring (bicyclic) bond motifs is 7. The second-order valence-electron chi connectivity index (χ2n) is 10.8. The van der Waals surface area contributed by atoms with Gasteiger partial charge in [0.05, 0.1) is 5.69 Å². The Morgan fingerprint density at radius 1 is 0.436 bits per heavy atom. The molecule has 0 aliphatic carbocycles. The van der Waals surface area contributed by atoms with E-state index in [9.17, 15) is 0 Å². The third-order valence-corrected chi connectivity index (χ3v) is 8.62. The molecule has 0 amide bonds. The van der Waals surface area contributed by atoms with Crippen LogP contribution in [0.25, 0.3) is 87.0 Å². The molecule has 0 fully saturated rings. The van der Waals surface area contributed by atoms with E-state index in [1.54, 1.807) is 0 Å². The molecular weight excluding hydrogens is 470 g/mol. The van der Waals surface area contributed by atoms with Crippen molar-refractivity contribution in [2.24, 2.45) is 0 Å². The quantitative estimate of drug-likeness (QED) is 0.233. The van der Waals surface area contributed by atoms with Crippen molar-refractivity contribution in [3.63, 3.8) is 0 Å². The van der Waals surface area contributed by atoms with Gasteiger partial charge in [0.25, 0.3) is 0 Å². The average molecular weight is 494 g/mol. The van der Waals surface area contributed by atoms with E-state index in [0.29, 0.717) is 0 Å². The Balaban J connectivity index is 1.63. The third-order valence-electron chi connectivity index (χ3n) is 8.62. The summed E-state index contributed by atoms with van der Waals surface area (Å²) >= 11 is 0. The summed E-state index contributed by atoms with van der Waals surface area (Å²) in [6.45, 7) is 2.23. The molecule has 180 valence electrons. The van der Waals surface area contributed by atoms with Crippen LogP contribution >= 0.6 is 0 Å². The molecule has 0 unspecified atom stereocenters. The summed E-state index contributed by atoms with van der Waals surface area (Å²) < 4.78 is 0. The van der Waals surface area contributed by atoms with Gasteiger partial charge in [-0.25, -0.2) is 0 Å². The first kappa shape index (κ1) is 21.0. The molecule has 1 nitrogen and oxygen atoms in total. The van der Waals surface area contributed by atoms with Crippen LogP contribution in [0, 0.1) is 6.92 Å². The number of aryl methyl sites for hydroxylation is 1. The summed E-state index contributed by atoms with van der Waals surface area (Å²) in [5, 5.41) is 16.1. The maximum atomic E-state index is 4.72. The molecule has 1 heteroatoms. The summed E-state index contributed by atoms with van der Waals surface area (Å²) in [6.07, 6.45) is 1.88. The highest BCUT2D eigenvalue weighted by molar-refractivity contribution is 6.48. The van der Waals surface area contributed by atoms with Crippen LogP contribution in [0.5, 0.6) is 0 Å². The molecule has 0 bridgehead atoms. The van der Waals surface area contributed by atoms with E-state index in [4.69, 9.17) is 4.98 Å². The summed E-state index contributed by atoms with van der Waals surface area (Å²) in [7, 11) is 0. The van der Waals surface area contributed by atoms with Gasteiger partial charge >= 0.3 is 0 Å². The fourth-order valence-electron chi connectivity index (χ4n) is 7.19. The molecule has 0 aliphatic heterocycles. The van der Waals surface area contributed by atoms with Crippen molar-refractivity contribution < 1.29 is 0 Å². The predicted octanol–water partition coefficient (Wildman–Crippen LogP) is 10.5. The average Bonchev–Trinajstić information content (AvgIpc) is 3.49. The molecule has 0 saturated carbocycles. The molecule has 0 N–H and O–H groups in total. The van der Waals surface area contributed by atoms with Gasteiger partial charge in [0.1, 0.15) is 0 Å². The Labute approximate surface area is 225 Å². The van der Waals surface area contributed by atoms with E-state index < -0.39 is 0 Å². The standard InChI is InChI=1S/C38H23N/c1-22-20-30-24-12-5-6-13-26(24)36-35(30)31(21-22)33(23-10-3-2-4-11-23)37-28-15-9-14-27-25(32-16-7-8-19-39-32)17-18-29(34(27)28)38(36)37/h2-21H,1H3. The molecule has 8 aromatic carbocycles. The van der Waals surface area contributed by atoms with Crippen molar-refractivity contribution in [1.29, 1.82) is 0 Å². The predicted molar refractivity (Wildman–Crippen MR) is 167 cm³/mol. The van der Waals surface area contributed by atoms with Crippen LogP contribution in [0.1, 0.15) is 5.56 Å². The lowest BCUT2D eigenvalue weighted by Gasteiger charge is -2.13. The highest BCUT2D eigenvalue weighted by Gasteiger charge is 2.25. The minimum Gasteiger partial charge on any atom is -0.256 e. The zero-order valence-electron chi connectivity index (χ0n) is 21.5. The number of pyridine rings is 1. The largest absolute Gasteiger partial charge is 0.256 e. The highest BCUT2D eigenvalue weighted by atomic mass is 14.7. The fourth-order valence-corrected chi connectivity index (χ4v) is 7.19. The second-order valence-corrected chi connectivity index (χ2v) is 10.8. The number of hydrogen-bond acceptors (Lipinski definition) is 1. The number of benzene rings is 6. The zero-order chi connectivity index (χ0) is 25.7. The van der Waals surface area contributed by atoms with E-state index in [1.807, 2.05) is 12.3 Å². The monoisotopic (exact) mass is 493 g/mol. The molecule has 0 aliphatic rings. The van der Waals surface area contributed by atoms with Crippen LogP contribution in [0.2, 0.25) is 0 Å². The minimum absolute atomic E-state index is 1.01. The number of nitrogens with zero attached hydrogens (tertiary/aromatic N) is 1. The normalized spacial score (nSPS) is 12.2. The van der Waals surface area contributed by atoms with Gasteiger partial charge in [0.15, 0.2) is 0 Å². The lowest BCUT2D eigenvalue weighted by Crippen LogP contribution is -1.86. The Bertz CT molecular complexity index is 2370. The lowest BCUT2D eigenvalue weighted by atomic mass is 9.89. The summed E-state index contributed by atoms with van der Waals surface area (Å²) in [5.41, 5.74) is 6.10. The lowest BCUT2D eigenvalue weighted by molar-refractivity contribution is 1.33. The molecule has 39 heavy (non-hydrogen) atoms. The first-order valence-corrected chi connectivity index (χ1v) is 13.6. The molecule has 0 spiro atoms. The van der Waals surface area contributed by atoms with Gasteiger partial charge in [0.2, 0.25) is 0 Å². The maximum absolute atomic E-state index is 4.72. The van der Waals surface area contributed by atoms with Crippen LogP contribution in [-0.4, -0.2) is 4.98 Å². The zero-order valence-corrected chi connectivity index (χ0v) is 21.5. The van der Waals surface area contributed by atoms with Gasteiger partial charge in [-0.1, -0.05) is 103 Å². The van der Waals surface area contributed by atoms with E-state index in [2.05, 4.69) is 116 Å². The summed E-state index contributed by atoms with van der Waals surface area (Å²) in [5.74, 6) is 0. The van der Waals surface area contributed by atoms with Crippen molar-refractivity contribution >= 4 is 64.6 Å². The van der Waals surface area contributed by atoms with Gasteiger partial charge in [-0.05, 0) is 100 Å². The van der Waals surface area contributed by atoms with Crippen LogP contribution in [0.3, 0.4) is 0 Å². The third kappa shape index (κ3) is 2.67. The Kier molecular flexibility index (Phi) is 4.05. The van der Waals surface area contributed by atoms with Crippen molar-refractivity contribution in [3.05, 3.63) is 127 Å². The van der Waals surface area contributed by atoms with Crippen molar-refractivity contribution in [2.45, 2.75) is 6.92 Å². The van der Waals surface area contributed by atoms with Crippen molar-refractivity contribution in [1.82, 2.24) is 4.98 Å². The molecule has 1 aromatic heterocycles. The molecule has 1 heterocycles. The number of hydrogen-bond donors (Lipinski definition) is 0. The molecule has 0 saturated heterocycles. The second kappa shape index (κ2) is 7.52. The fraction of sp³-hybridized carbons (Fsp3) is 0.0263. The van der Waals surface area contributed by atoms with E-state index >= 15 is 0 Å². The van der Waals surface area contributed by atoms with Gasteiger partial charge in [-0.3, -0.25) is 4.98 Å². The summed E-state index contributed by atoms with van der Waals surface area (Å²) in [6, 6.07) is 42.3. The first-order valence-electron chi connectivity index (χ1n) is 13.6. The van der Waals surface area contributed by atoms with Crippen molar-refractivity contribution in [3.8, 4) is 22.4 Å². The highest BCUT2D eigenvalue weighted by Crippen LogP contribution is 2.53. The van der Waals surface area contributed by atoms with Crippen LogP contribution < -0.4 is 0 Å². The Morgan fingerprint density at radius 3 is 1.97 bits per heavy atom. The Hall–Kier alpha value is -5.01. The van der Waals surface area contributed by atoms with E-state index in [-0.39, 0.29) is 0 Å². The maximum Gasteiger partial charge on any atom is 0.0708 e. The minimum atomic E-state index is 1.01. The van der Waals surface area contributed by atoms with Gasteiger partial charge in [0, 0.05) is 11.8 Å². The number of aromatic nitrogens is 1. The van der Waals surface area contributed by atoms with Crippen molar-refractivity contribution in [2.75, 3.05) is 0 Å². The van der Waals surface area contributed by atoms with Crippen LogP contribution in [0.4, 0.5) is 0 Å². The molecular formula is C38H23N. The topological polar surface area (TPSA) is 12.9 Å². The molecule has 9 aromatic rings. The summed E-state index contributed by atoms with van der Waals surface area (Å²) in [4.78, 5) is 4.72. The molecule has 0 radical (unpaired) electrons. The number of rotatable bonds is 2. The Morgan fingerprint density at radius 2 is 1.13 bits per heavy atom. The van der Waals surface area contributed by atoms with Gasteiger partial charge in [-0.15, -0.1) is 0 Å². The van der Waals surface area contributed by atoms with Crippen LogP contribution in [-0.2, 0) is 0 Å². The smallest absolute Gasteiger partial charge is 0.0708 e. The van der Waals surface area contributed by atoms with Gasteiger partial charge in [-0.2, -0.15) is 0 Å². The van der Waals surface area contributed by atoms with E-state index in [0.717, 1.165) is 5.69 Å². The molecule has 0 atom stereocenters. The van der Waals surface area contributed by atoms with Crippen LogP contribution in [0.15, 0.2) is 121 Å².